The van der Waals surface area contributed by atoms with Crippen molar-refractivity contribution in [2.75, 3.05) is 18.5 Å². The molecule has 88 valence electrons. The molecule has 0 saturated heterocycles. The van der Waals surface area contributed by atoms with Gasteiger partial charge in [0.15, 0.2) is 0 Å². The lowest BCUT2D eigenvalue weighted by Crippen LogP contribution is -2.22. The first-order chi connectivity index (χ1) is 7.63. The van der Waals surface area contributed by atoms with E-state index in [1.165, 1.54) is 12.4 Å². The maximum atomic E-state index is 10.4. The van der Waals surface area contributed by atoms with Crippen LogP contribution in [0.1, 0.15) is 13.8 Å². The van der Waals surface area contributed by atoms with E-state index in [0.717, 1.165) is 0 Å². The van der Waals surface area contributed by atoms with Crippen molar-refractivity contribution in [2.45, 2.75) is 19.9 Å². The normalized spacial score (nSPS) is 12.1. The van der Waals surface area contributed by atoms with Crippen molar-refractivity contribution in [3.05, 3.63) is 22.5 Å². The molecule has 16 heavy (non-hydrogen) atoms. The van der Waals surface area contributed by atoms with E-state index in [-0.39, 0.29) is 11.7 Å². The monoisotopic (exact) mass is 226 g/mol. The van der Waals surface area contributed by atoms with E-state index in [9.17, 15) is 10.1 Å². The zero-order valence-electron chi connectivity index (χ0n) is 9.21. The molecule has 1 rings (SSSR count). The number of aromatic nitrogens is 2. The summed E-state index contributed by atoms with van der Waals surface area (Å²) in [5.41, 5.74) is -0.122. The predicted octanol–water partition coefficient (Wildman–Crippen LogP) is 1.22. The summed E-state index contributed by atoms with van der Waals surface area (Å²) < 4.78 is 5.20. The van der Waals surface area contributed by atoms with Gasteiger partial charge in [0.25, 0.3) is 0 Å². The molecule has 0 aromatic carbocycles. The summed E-state index contributed by atoms with van der Waals surface area (Å²) in [6.45, 7) is 5.01. The molecule has 1 N–H and O–H groups in total. The zero-order chi connectivity index (χ0) is 12.0. The summed E-state index contributed by atoms with van der Waals surface area (Å²) in [6, 6.07) is 0.0569. The highest BCUT2D eigenvalue weighted by atomic mass is 16.6. The van der Waals surface area contributed by atoms with Gasteiger partial charge >= 0.3 is 5.69 Å². The molecule has 0 spiro atoms. The molecule has 0 aliphatic heterocycles. The van der Waals surface area contributed by atoms with Crippen LogP contribution in [0, 0.1) is 10.1 Å². The van der Waals surface area contributed by atoms with Gasteiger partial charge in [-0.15, -0.1) is 0 Å². The van der Waals surface area contributed by atoms with Crippen molar-refractivity contribution in [1.29, 1.82) is 0 Å². The second kappa shape index (κ2) is 5.96. The maximum Gasteiger partial charge on any atom is 0.305 e. The highest BCUT2D eigenvalue weighted by Gasteiger charge is 2.08. The SMILES string of the molecule is CCOCC(C)Nc1ncc([N+](=O)[O-])cn1. The van der Waals surface area contributed by atoms with Gasteiger partial charge in [0.2, 0.25) is 5.95 Å². The second-order valence-electron chi connectivity index (χ2n) is 3.23. The average Bonchev–Trinajstić information content (AvgIpc) is 2.27. The minimum atomic E-state index is -0.534. The minimum Gasteiger partial charge on any atom is -0.380 e. The van der Waals surface area contributed by atoms with Crippen molar-refractivity contribution in [3.8, 4) is 0 Å². The molecule has 1 aromatic heterocycles. The Kier molecular flexibility index (Phi) is 4.59. The Hall–Kier alpha value is -1.76. The van der Waals surface area contributed by atoms with Crippen LogP contribution in [0.25, 0.3) is 0 Å². The molecule has 0 saturated carbocycles. The van der Waals surface area contributed by atoms with E-state index in [4.69, 9.17) is 4.74 Å². The zero-order valence-corrected chi connectivity index (χ0v) is 9.21. The number of hydrogen-bond acceptors (Lipinski definition) is 6. The third-order valence-corrected chi connectivity index (χ3v) is 1.80. The number of rotatable bonds is 6. The number of nitrogens with zero attached hydrogens (tertiary/aromatic N) is 3. The van der Waals surface area contributed by atoms with Crippen LogP contribution < -0.4 is 5.32 Å². The Balaban J connectivity index is 2.51. The molecule has 1 aromatic rings. The van der Waals surface area contributed by atoms with Crippen LogP contribution in [0.15, 0.2) is 12.4 Å². The van der Waals surface area contributed by atoms with Crippen molar-refractivity contribution in [3.63, 3.8) is 0 Å². The lowest BCUT2D eigenvalue weighted by Gasteiger charge is -2.12. The van der Waals surface area contributed by atoms with Gasteiger partial charge in [-0.3, -0.25) is 10.1 Å². The molecule has 7 heteroatoms. The first-order valence-electron chi connectivity index (χ1n) is 4.94. The molecular weight excluding hydrogens is 212 g/mol. The smallest absolute Gasteiger partial charge is 0.305 e. The van der Waals surface area contributed by atoms with Gasteiger partial charge in [0.05, 0.1) is 11.5 Å². The van der Waals surface area contributed by atoms with Crippen LogP contribution in [0.5, 0.6) is 0 Å². The van der Waals surface area contributed by atoms with E-state index in [2.05, 4.69) is 15.3 Å². The number of ether oxygens (including phenoxy) is 1. The summed E-state index contributed by atoms with van der Waals surface area (Å²) in [6.07, 6.45) is 2.34. The van der Waals surface area contributed by atoms with Crippen LogP contribution in [0.4, 0.5) is 11.6 Å². The van der Waals surface area contributed by atoms with Crippen LogP contribution in [0.2, 0.25) is 0 Å². The fourth-order valence-electron chi connectivity index (χ4n) is 1.05. The van der Waals surface area contributed by atoms with Gasteiger partial charge in [-0.2, -0.15) is 0 Å². The van der Waals surface area contributed by atoms with E-state index in [0.29, 0.717) is 19.2 Å². The number of hydrogen-bond donors (Lipinski definition) is 1. The summed E-state index contributed by atoms with van der Waals surface area (Å²) in [4.78, 5) is 17.5. The van der Waals surface area contributed by atoms with Crippen LogP contribution >= 0.6 is 0 Å². The Labute approximate surface area is 93.0 Å². The van der Waals surface area contributed by atoms with E-state index >= 15 is 0 Å². The molecule has 1 unspecified atom stereocenters. The van der Waals surface area contributed by atoms with Gasteiger partial charge in [-0.25, -0.2) is 9.97 Å². The fraction of sp³-hybridized carbons (Fsp3) is 0.556. The average molecular weight is 226 g/mol. The Morgan fingerprint density at radius 2 is 2.19 bits per heavy atom. The van der Waals surface area contributed by atoms with E-state index in [1.807, 2.05) is 13.8 Å². The summed E-state index contributed by atoms with van der Waals surface area (Å²) in [5.74, 6) is 0.359. The van der Waals surface area contributed by atoms with Gasteiger partial charge in [-0.1, -0.05) is 0 Å². The van der Waals surface area contributed by atoms with Crippen molar-refractivity contribution in [1.82, 2.24) is 9.97 Å². The highest BCUT2D eigenvalue weighted by Crippen LogP contribution is 2.08. The number of anilines is 1. The van der Waals surface area contributed by atoms with Gasteiger partial charge < -0.3 is 10.1 Å². The second-order valence-corrected chi connectivity index (χ2v) is 3.23. The summed E-state index contributed by atoms with van der Waals surface area (Å²) in [5, 5.41) is 13.3. The maximum absolute atomic E-state index is 10.4. The first-order valence-corrected chi connectivity index (χ1v) is 4.94. The first kappa shape index (κ1) is 12.3. The van der Waals surface area contributed by atoms with Crippen LogP contribution in [-0.4, -0.2) is 34.1 Å². The van der Waals surface area contributed by atoms with Gasteiger partial charge in [-0.05, 0) is 13.8 Å². The quantitative estimate of drug-likeness (QED) is 0.579. The standard InChI is InChI=1S/C9H14N4O3/c1-3-16-6-7(2)12-9-10-4-8(5-11-9)13(14)15/h4-5,7H,3,6H2,1-2H3,(H,10,11,12). The third-order valence-electron chi connectivity index (χ3n) is 1.80. The Bertz CT molecular complexity index is 341. The predicted molar refractivity (Wildman–Crippen MR) is 58.3 cm³/mol. The molecule has 1 heterocycles. The Morgan fingerprint density at radius 3 is 2.69 bits per heavy atom. The molecule has 0 amide bonds. The molecule has 1 atom stereocenters. The van der Waals surface area contributed by atoms with E-state index < -0.39 is 4.92 Å². The van der Waals surface area contributed by atoms with E-state index in [1.54, 1.807) is 0 Å². The van der Waals surface area contributed by atoms with Crippen molar-refractivity contribution in [2.24, 2.45) is 0 Å². The number of nitrogens with one attached hydrogen (secondary N) is 1. The lowest BCUT2D eigenvalue weighted by atomic mass is 10.4. The van der Waals surface area contributed by atoms with Gasteiger partial charge in [0, 0.05) is 12.6 Å². The van der Waals surface area contributed by atoms with Crippen LogP contribution in [0.3, 0.4) is 0 Å². The number of nitro groups is 1. The van der Waals surface area contributed by atoms with Crippen molar-refractivity contribution < 1.29 is 9.66 Å². The fourth-order valence-corrected chi connectivity index (χ4v) is 1.05. The highest BCUT2D eigenvalue weighted by molar-refractivity contribution is 5.31. The third kappa shape index (κ3) is 3.77. The molecule has 0 aliphatic carbocycles. The Morgan fingerprint density at radius 1 is 1.56 bits per heavy atom. The molecule has 0 radical (unpaired) electrons. The van der Waals surface area contributed by atoms with Gasteiger partial charge in [0.1, 0.15) is 12.4 Å². The summed E-state index contributed by atoms with van der Waals surface area (Å²) >= 11 is 0. The summed E-state index contributed by atoms with van der Waals surface area (Å²) in [7, 11) is 0. The molecule has 0 fully saturated rings. The van der Waals surface area contributed by atoms with Crippen molar-refractivity contribution >= 4 is 11.6 Å². The largest absolute Gasteiger partial charge is 0.380 e. The van der Waals surface area contributed by atoms with Crippen LogP contribution in [-0.2, 0) is 4.74 Å². The molecule has 0 bridgehead atoms. The molecule has 7 nitrogen and oxygen atoms in total. The lowest BCUT2D eigenvalue weighted by molar-refractivity contribution is -0.385. The minimum absolute atomic E-state index is 0.0569. The topological polar surface area (TPSA) is 90.2 Å². The molecular formula is C9H14N4O3. The molecule has 0 aliphatic rings.